The van der Waals surface area contributed by atoms with Gasteiger partial charge in [0.25, 0.3) is 0 Å². The molecule has 2 N–H and O–H groups in total. The smallest absolute Gasteiger partial charge is 0.123 e. The Hall–Kier alpha value is -1.06. The Morgan fingerprint density at radius 3 is 2.86 bits per heavy atom. The highest BCUT2D eigenvalue weighted by Crippen LogP contribution is 2.27. The third-order valence-electron chi connectivity index (χ3n) is 4.76. The van der Waals surface area contributed by atoms with Gasteiger partial charge >= 0.3 is 0 Å². The summed E-state index contributed by atoms with van der Waals surface area (Å²) < 4.78 is 5.47. The maximum absolute atomic E-state index is 6.47. The Balaban J connectivity index is 2.00. The van der Waals surface area contributed by atoms with E-state index in [0.717, 1.165) is 23.8 Å². The van der Waals surface area contributed by atoms with Gasteiger partial charge in [-0.25, -0.2) is 0 Å². The first-order valence-electron chi connectivity index (χ1n) is 8.26. The van der Waals surface area contributed by atoms with Crippen molar-refractivity contribution in [2.45, 2.75) is 45.6 Å². The zero-order valence-electron chi connectivity index (χ0n) is 13.8. The molecule has 2 unspecified atom stereocenters. The van der Waals surface area contributed by atoms with Crippen molar-refractivity contribution in [1.82, 2.24) is 4.90 Å². The first-order chi connectivity index (χ1) is 10.1. The second kappa shape index (κ2) is 7.81. The summed E-state index contributed by atoms with van der Waals surface area (Å²) in [5, 5.41) is 0. The molecule has 1 aliphatic heterocycles. The van der Waals surface area contributed by atoms with E-state index in [9.17, 15) is 0 Å². The molecule has 118 valence electrons. The molecule has 1 saturated heterocycles. The number of ether oxygens (including phenoxy) is 1. The molecule has 3 heteroatoms. The van der Waals surface area contributed by atoms with Crippen molar-refractivity contribution >= 4 is 0 Å². The molecule has 0 aromatic heterocycles. The van der Waals surface area contributed by atoms with Gasteiger partial charge < -0.3 is 15.4 Å². The highest BCUT2D eigenvalue weighted by Gasteiger charge is 2.20. The monoisotopic (exact) mass is 290 g/mol. The van der Waals surface area contributed by atoms with E-state index in [1.165, 1.54) is 44.3 Å². The molecular formula is C18H30N2O. The minimum Gasteiger partial charge on any atom is -0.496 e. The molecule has 0 aliphatic carbocycles. The fraction of sp³-hybridized carbons (Fsp3) is 0.667. The van der Waals surface area contributed by atoms with E-state index >= 15 is 0 Å². The van der Waals surface area contributed by atoms with Crippen molar-refractivity contribution in [3.8, 4) is 5.75 Å². The summed E-state index contributed by atoms with van der Waals surface area (Å²) in [6, 6.07) is 6.29. The minimum atomic E-state index is 0.0260. The summed E-state index contributed by atoms with van der Waals surface area (Å²) in [4.78, 5) is 2.53. The van der Waals surface area contributed by atoms with Crippen LogP contribution in [0.5, 0.6) is 5.75 Å². The Morgan fingerprint density at radius 2 is 2.14 bits per heavy atom. The van der Waals surface area contributed by atoms with Gasteiger partial charge in [0.05, 0.1) is 7.11 Å². The Morgan fingerprint density at radius 1 is 1.33 bits per heavy atom. The average molecular weight is 290 g/mol. The number of rotatable bonds is 5. The quantitative estimate of drug-likeness (QED) is 0.902. The fourth-order valence-electron chi connectivity index (χ4n) is 3.34. The highest BCUT2D eigenvalue weighted by atomic mass is 16.5. The van der Waals surface area contributed by atoms with Crippen LogP contribution in [0, 0.1) is 12.8 Å². The van der Waals surface area contributed by atoms with E-state index in [-0.39, 0.29) is 6.04 Å². The number of hydrogen-bond acceptors (Lipinski definition) is 3. The normalized spacial score (nSPS) is 21.8. The van der Waals surface area contributed by atoms with E-state index in [2.05, 4.69) is 30.9 Å². The molecule has 1 fully saturated rings. The second-order valence-electron chi connectivity index (χ2n) is 6.36. The van der Waals surface area contributed by atoms with Crippen LogP contribution in [0.1, 0.15) is 49.8 Å². The number of benzene rings is 1. The Kier molecular flexibility index (Phi) is 6.07. The summed E-state index contributed by atoms with van der Waals surface area (Å²) in [6.07, 6.45) is 5.30. The zero-order valence-corrected chi connectivity index (χ0v) is 13.8. The summed E-state index contributed by atoms with van der Waals surface area (Å²) in [5.41, 5.74) is 8.84. The predicted octanol–water partition coefficient (Wildman–Crippen LogP) is 3.52. The number of nitrogens with two attached hydrogens (primary N) is 1. The van der Waals surface area contributed by atoms with Gasteiger partial charge in [0.15, 0.2) is 0 Å². The molecule has 2 atom stereocenters. The van der Waals surface area contributed by atoms with Crippen LogP contribution in [0.4, 0.5) is 0 Å². The lowest BCUT2D eigenvalue weighted by Crippen LogP contribution is -2.33. The molecule has 0 spiro atoms. The summed E-state index contributed by atoms with van der Waals surface area (Å²) in [5.74, 6) is 1.81. The first-order valence-corrected chi connectivity index (χ1v) is 8.26. The van der Waals surface area contributed by atoms with Crippen molar-refractivity contribution in [3.05, 3.63) is 29.3 Å². The standard InChI is InChI=1S/C18H30N2O/c1-4-15-6-5-10-20(11-9-15)13-17(19)16-12-14(2)7-8-18(16)21-3/h7-8,12,15,17H,4-6,9-11,13,19H2,1-3H3. The van der Waals surface area contributed by atoms with Gasteiger partial charge in [0.1, 0.15) is 5.75 Å². The molecule has 1 heterocycles. The van der Waals surface area contributed by atoms with Gasteiger partial charge in [-0.2, -0.15) is 0 Å². The van der Waals surface area contributed by atoms with E-state index in [0.29, 0.717) is 0 Å². The number of aryl methyl sites for hydroxylation is 1. The zero-order chi connectivity index (χ0) is 15.2. The predicted molar refractivity (Wildman–Crippen MR) is 88.7 cm³/mol. The van der Waals surface area contributed by atoms with Gasteiger partial charge in [-0.3, -0.25) is 0 Å². The molecule has 21 heavy (non-hydrogen) atoms. The van der Waals surface area contributed by atoms with E-state index in [1.54, 1.807) is 7.11 Å². The van der Waals surface area contributed by atoms with Crippen molar-refractivity contribution in [1.29, 1.82) is 0 Å². The SMILES string of the molecule is CCC1CCCN(CC(N)c2cc(C)ccc2OC)CC1. The molecule has 0 radical (unpaired) electrons. The maximum Gasteiger partial charge on any atom is 0.123 e. The van der Waals surface area contributed by atoms with Gasteiger partial charge in [-0.05, 0) is 51.3 Å². The summed E-state index contributed by atoms with van der Waals surface area (Å²) >= 11 is 0. The summed E-state index contributed by atoms with van der Waals surface area (Å²) in [7, 11) is 1.72. The molecule has 1 aromatic carbocycles. The van der Waals surface area contributed by atoms with Gasteiger partial charge in [0, 0.05) is 18.2 Å². The van der Waals surface area contributed by atoms with Crippen molar-refractivity contribution < 1.29 is 4.74 Å². The number of nitrogens with zero attached hydrogens (tertiary/aromatic N) is 1. The third-order valence-corrected chi connectivity index (χ3v) is 4.76. The lowest BCUT2D eigenvalue weighted by molar-refractivity contribution is 0.261. The highest BCUT2D eigenvalue weighted by molar-refractivity contribution is 5.39. The minimum absolute atomic E-state index is 0.0260. The molecular weight excluding hydrogens is 260 g/mol. The van der Waals surface area contributed by atoms with Crippen LogP contribution in [0.15, 0.2) is 18.2 Å². The molecule has 1 aromatic rings. The lowest BCUT2D eigenvalue weighted by atomic mass is 9.98. The number of likely N-dealkylation sites (tertiary alicyclic amines) is 1. The lowest BCUT2D eigenvalue weighted by Gasteiger charge is -2.25. The summed E-state index contributed by atoms with van der Waals surface area (Å²) in [6.45, 7) is 7.70. The largest absolute Gasteiger partial charge is 0.496 e. The van der Waals surface area contributed by atoms with Gasteiger partial charge in [-0.15, -0.1) is 0 Å². The number of hydrogen-bond donors (Lipinski definition) is 1. The Labute approximate surface area is 129 Å². The van der Waals surface area contributed by atoms with Crippen LogP contribution in [0.25, 0.3) is 0 Å². The van der Waals surface area contributed by atoms with Crippen LogP contribution in [0.3, 0.4) is 0 Å². The maximum atomic E-state index is 6.47. The molecule has 1 aliphatic rings. The van der Waals surface area contributed by atoms with Crippen LogP contribution in [-0.4, -0.2) is 31.6 Å². The number of methoxy groups -OCH3 is 1. The van der Waals surface area contributed by atoms with Gasteiger partial charge in [0.2, 0.25) is 0 Å². The first kappa shape index (κ1) is 16.3. The topological polar surface area (TPSA) is 38.5 Å². The molecule has 0 saturated carbocycles. The van der Waals surface area contributed by atoms with E-state index < -0.39 is 0 Å². The van der Waals surface area contributed by atoms with Gasteiger partial charge in [-0.1, -0.05) is 31.0 Å². The van der Waals surface area contributed by atoms with Crippen LogP contribution in [-0.2, 0) is 0 Å². The Bertz CT molecular complexity index is 447. The van der Waals surface area contributed by atoms with Crippen LogP contribution < -0.4 is 10.5 Å². The van der Waals surface area contributed by atoms with Crippen molar-refractivity contribution in [2.24, 2.45) is 11.7 Å². The molecule has 3 nitrogen and oxygen atoms in total. The molecule has 2 rings (SSSR count). The average Bonchev–Trinajstić information content (AvgIpc) is 2.72. The third kappa shape index (κ3) is 4.45. The molecule has 0 bridgehead atoms. The van der Waals surface area contributed by atoms with E-state index in [4.69, 9.17) is 10.5 Å². The van der Waals surface area contributed by atoms with Crippen molar-refractivity contribution in [2.75, 3.05) is 26.7 Å². The fourth-order valence-corrected chi connectivity index (χ4v) is 3.34. The molecule has 0 amide bonds. The van der Waals surface area contributed by atoms with Crippen LogP contribution in [0.2, 0.25) is 0 Å². The van der Waals surface area contributed by atoms with E-state index in [1.807, 2.05) is 6.07 Å². The van der Waals surface area contributed by atoms with Crippen molar-refractivity contribution in [3.63, 3.8) is 0 Å². The van der Waals surface area contributed by atoms with Crippen LogP contribution >= 0.6 is 0 Å². The second-order valence-corrected chi connectivity index (χ2v) is 6.36.